The molecule has 1 aromatic carbocycles. The first kappa shape index (κ1) is 14.3. The van der Waals surface area contributed by atoms with Crippen molar-refractivity contribution in [3.05, 3.63) is 35.9 Å². The summed E-state index contributed by atoms with van der Waals surface area (Å²) in [5, 5.41) is 13.5. The molecule has 108 valence electrons. The summed E-state index contributed by atoms with van der Waals surface area (Å²) in [5.74, 6) is 1.92. The molecule has 2 rings (SSSR count). The highest BCUT2D eigenvalue weighted by atomic mass is 16.5. The van der Waals surface area contributed by atoms with Gasteiger partial charge in [0.2, 0.25) is 0 Å². The van der Waals surface area contributed by atoms with Crippen molar-refractivity contribution >= 4 is 0 Å². The standard InChI is InChI=1S/C14H19N3O3/c1-3-17-13(15-10-16-17)9-20-14-11(8-18)6-5-7-12(14)19-4-2/h5-7,10,18H,3-4,8-9H2,1-2H3. The lowest BCUT2D eigenvalue weighted by Gasteiger charge is -2.14. The van der Waals surface area contributed by atoms with E-state index in [9.17, 15) is 5.11 Å². The van der Waals surface area contributed by atoms with Gasteiger partial charge in [-0.25, -0.2) is 9.67 Å². The van der Waals surface area contributed by atoms with Crippen LogP contribution in [0.2, 0.25) is 0 Å². The summed E-state index contributed by atoms with van der Waals surface area (Å²) in [6.45, 7) is 5.35. The zero-order valence-corrected chi connectivity index (χ0v) is 11.7. The Bertz CT molecular complexity index is 554. The lowest BCUT2D eigenvalue weighted by Crippen LogP contribution is -2.09. The number of nitrogens with zero attached hydrogens (tertiary/aromatic N) is 3. The summed E-state index contributed by atoms with van der Waals surface area (Å²) >= 11 is 0. The third-order valence-corrected chi connectivity index (χ3v) is 2.87. The molecule has 0 unspecified atom stereocenters. The third-order valence-electron chi connectivity index (χ3n) is 2.87. The molecular formula is C14H19N3O3. The molecule has 0 bridgehead atoms. The maximum atomic E-state index is 9.40. The fraction of sp³-hybridized carbons (Fsp3) is 0.429. The fourth-order valence-electron chi connectivity index (χ4n) is 1.92. The van der Waals surface area contributed by atoms with Crippen molar-refractivity contribution in [1.29, 1.82) is 0 Å². The van der Waals surface area contributed by atoms with Crippen molar-refractivity contribution in [3.8, 4) is 11.5 Å². The number of benzene rings is 1. The molecule has 6 nitrogen and oxygen atoms in total. The summed E-state index contributed by atoms with van der Waals surface area (Å²) in [4.78, 5) is 4.16. The lowest BCUT2D eigenvalue weighted by atomic mass is 10.2. The third kappa shape index (κ3) is 3.08. The molecule has 0 aliphatic heterocycles. The number of rotatable bonds is 7. The summed E-state index contributed by atoms with van der Waals surface area (Å²) in [6, 6.07) is 5.46. The number of para-hydroxylation sites is 1. The SMILES string of the molecule is CCOc1cccc(CO)c1OCc1ncnn1CC. The Labute approximate surface area is 118 Å². The number of hydrogen-bond donors (Lipinski definition) is 1. The molecule has 1 aromatic heterocycles. The Morgan fingerprint density at radius 2 is 2.10 bits per heavy atom. The van der Waals surface area contributed by atoms with Gasteiger partial charge in [-0.05, 0) is 19.9 Å². The minimum atomic E-state index is -0.100. The summed E-state index contributed by atoms with van der Waals surface area (Å²) in [5.41, 5.74) is 0.693. The van der Waals surface area contributed by atoms with Crippen LogP contribution in [0.5, 0.6) is 11.5 Å². The van der Waals surface area contributed by atoms with E-state index >= 15 is 0 Å². The molecule has 0 aliphatic rings. The molecule has 6 heteroatoms. The van der Waals surface area contributed by atoms with Crippen LogP contribution in [0.3, 0.4) is 0 Å². The van der Waals surface area contributed by atoms with Gasteiger partial charge in [0, 0.05) is 12.1 Å². The largest absolute Gasteiger partial charge is 0.490 e. The highest BCUT2D eigenvalue weighted by Gasteiger charge is 2.12. The molecule has 0 radical (unpaired) electrons. The van der Waals surface area contributed by atoms with Gasteiger partial charge in [0.05, 0.1) is 13.2 Å². The molecule has 2 aromatic rings. The molecule has 0 atom stereocenters. The second kappa shape index (κ2) is 6.91. The lowest BCUT2D eigenvalue weighted by molar-refractivity contribution is 0.236. The quantitative estimate of drug-likeness (QED) is 0.835. The van der Waals surface area contributed by atoms with E-state index in [0.717, 1.165) is 12.4 Å². The first-order valence-corrected chi connectivity index (χ1v) is 6.65. The van der Waals surface area contributed by atoms with Crippen LogP contribution in [-0.4, -0.2) is 26.5 Å². The van der Waals surface area contributed by atoms with Gasteiger partial charge in [-0.1, -0.05) is 12.1 Å². The van der Waals surface area contributed by atoms with Gasteiger partial charge in [-0.3, -0.25) is 0 Å². The highest BCUT2D eigenvalue weighted by molar-refractivity contribution is 5.46. The van der Waals surface area contributed by atoms with Gasteiger partial charge < -0.3 is 14.6 Å². The molecule has 1 N–H and O–H groups in total. The smallest absolute Gasteiger partial charge is 0.167 e. The molecule has 0 fully saturated rings. The molecule has 0 saturated heterocycles. The zero-order valence-electron chi connectivity index (χ0n) is 11.7. The van der Waals surface area contributed by atoms with Gasteiger partial charge in [0.1, 0.15) is 12.9 Å². The molecule has 0 spiro atoms. The summed E-state index contributed by atoms with van der Waals surface area (Å²) in [6.07, 6.45) is 1.50. The van der Waals surface area contributed by atoms with Crippen LogP contribution in [0, 0.1) is 0 Å². The Morgan fingerprint density at radius 3 is 2.80 bits per heavy atom. The van der Waals surface area contributed by atoms with Gasteiger partial charge in [-0.2, -0.15) is 5.10 Å². The van der Waals surface area contributed by atoms with Crippen LogP contribution >= 0.6 is 0 Å². The van der Waals surface area contributed by atoms with E-state index < -0.39 is 0 Å². The number of ether oxygens (including phenoxy) is 2. The minimum absolute atomic E-state index is 0.100. The van der Waals surface area contributed by atoms with E-state index in [-0.39, 0.29) is 13.2 Å². The van der Waals surface area contributed by atoms with E-state index in [1.807, 2.05) is 32.0 Å². The van der Waals surface area contributed by atoms with E-state index in [0.29, 0.717) is 23.7 Å². The molecule has 20 heavy (non-hydrogen) atoms. The number of hydrogen-bond acceptors (Lipinski definition) is 5. The van der Waals surface area contributed by atoms with Gasteiger partial charge in [-0.15, -0.1) is 0 Å². The second-order valence-corrected chi connectivity index (χ2v) is 4.12. The van der Waals surface area contributed by atoms with E-state index in [2.05, 4.69) is 10.1 Å². The zero-order chi connectivity index (χ0) is 14.4. The molecule has 0 amide bonds. The average Bonchev–Trinajstić information content (AvgIpc) is 2.93. The monoisotopic (exact) mass is 277 g/mol. The normalized spacial score (nSPS) is 10.6. The van der Waals surface area contributed by atoms with Crippen molar-refractivity contribution in [2.24, 2.45) is 0 Å². The van der Waals surface area contributed by atoms with E-state index in [1.54, 1.807) is 4.68 Å². The average molecular weight is 277 g/mol. The van der Waals surface area contributed by atoms with Gasteiger partial charge >= 0.3 is 0 Å². The Balaban J connectivity index is 2.19. The van der Waals surface area contributed by atoms with Crippen LogP contribution in [0.25, 0.3) is 0 Å². The van der Waals surface area contributed by atoms with Crippen molar-refractivity contribution in [1.82, 2.24) is 14.8 Å². The minimum Gasteiger partial charge on any atom is -0.490 e. The summed E-state index contributed by atoms with van der Waals surface area (Å²) in [7, 11) is 0. The predicted molar refractivity (Wildman–Crippen MR) is 73.6 cm³/mol. The second-order valence-electron chi connectivity index (χ2n) is 4.12. The number of aryl methyl sites for hydroxylation is 1. The molecule has 0 saturated carbocycles. The maximum Gasteiger partial charge on any atom is 0.167 e. The highest BCUT2D eigenvalue weighted by Crippen LogP contribution is 2.32. The van der Waals surface area contributed by atoms with Crippen LogP contribution in [0.15, 0.2) is 24.5 Å². The van der Waals surface area contributed by atoms with Crippen LogP contribution in [-0.2, 0) is 19.8 Å². The van der Waals surface area contributed by atoms with Gasteiger partial charge in [0.25, 0.3) is 0 Å². The number of aliphatic hydroxyl groups is 1. The van der Waals surface area contributed by atoms with Gasteiger partial charge in [0.15, 0.2) is 17.3 Å². The summed E-state index contributed by atoms with van der Waals surface area (Å²) < 4.78 is 13.1. The van der Waals surface area contributed by atoms with Crippen LogP contribution in [0.4, 0.5) is 0 Å². The maximum absolute atomic E-state index is 9.40. The Morgan fingerprint density at radius 1 is 1.25 bits per heavy atom. The van der Waals surface area contributed by atoms with E-state index in [4.69, 9.17) is 9.47 Å². The predicted octanol–water partition coefficient (Wildman–Crippen LogP) is 1.77. The Kier molecular flexibility index (Phi) is 4.95. The fourth-order valence-corrected chi connectivity index (χ4v) is 1.92. The first-order valence-electron chi connectivity index (χ1n) is 6.65. The molecule has 1 heterocycles. The van der Waals surface area contributed by atoms with Crippen molar-refractivity contribution in [3.63, 3.8) is 0 Å². The number of aliphatic hydroxyl groups excluding tert-OH is 1. The van der Waals surface area contributed by atoms with Crippen LogP contribution in [0.1, 0.15) is 25.2 Å². The Hall–Kier alpha value is -2.08. The first-order chi connectivity index (χ1) is 9.80. The van der Waals surface area contributed by atoms with Crippen molar-refractivity contribution < 1.29 is 14.6 Å². The van der Waals surface area contributed by atoms with Crippen molar-refractivity contribution in [2.75, 3.05) is 6.61 Å². The number of aromatic nitrogens is 3. The van der Waals surface area contributed by atoms with Crippen LogP contribution < -0.4 is 9.47 Å². The topological polar surface area (TPSA) is 69.4 Å². The molecular weight excluding hydrogens is 258 g/mol. The van der Waals surface area contributed by atoms with E-state index in [1.165, 1.54) is 6.33 Å². The molecule has 0 aliphatic carbocycles. The van der Waals surface area contributed by atoms with Crippen molar-refractivity contribution in [2.45, 2.75) is 33.6 Å².